The lowest BCUT2D eigenvalue weighted by Crippen LogP contribution is -2.26. The third kappa shape index (κ3) is 4.20. The van der Waals surface area contributed by atoms with Crippen LogP contribution in [-0.4, -0.2) is 30.4 Å². The van der Waals surface area contributed by atoms with Crippen LogP contribution in [0.15, 0.2) is 42.0 Å². The second kappa shape index (κ2) is 7.99. The highest BCUT2D eigenvalue weighted by Crippen LogP contribution is 2.42. The third-order valence-electron chi connectivity index (χ3n) is 4.01. The first-order valence-corrected chi connectivity index (χ1v) is 8.21. The van der Waals surface area contributed by atoms with E-state index < -0.39 is 24.1 Å². The number of fused-ring (bicyclic) bond motifs is 1. The Labute approximate surface area is 152 Å². The van der Waals surface area contributed by atoms with E-state index in [4.69, 9.17) is 14.2 Å². The molecule has 0 aromatic heterocycles. The minimum Gasteiger partial charge on any atom is -0.481 e. The monoisotopic (exact) mass is 358 g/mol. The predicted molar refractivity (Wildman–Crippen MR) is 94.9 cm³/mol. The van der Waals surface area contributed by atoms with Crippen molar-refractivity contribution in [3.8, 4) is 5.75 Å². The van der Waals surface area contributed by atoms with Gasteiger partial charge in [0.1, 0.15) is 12.4 Å². The van der Waals surface area contributed by atoms with Crippen LogP contribution in [0.1, 0.15) is 49.7 Å². The summed E-state index contributed by atoms with van der Waals surface area (Å²) < 4.78 is 16.3. The molecule has 1 aliphatic heterocycles. The molecule has 6 nitrogen and oxygen atoms in total. The molecule has 2 rings (SSSR count). The van der Waals surface area contributed by atoms with Gasteiger partial charge >= 0.3 is 11.9 Å². The summed E-state index contributed by atoms with van der Waals surface area (Å²) in [6.07, 6.45) is 0.244. The zero-order valence-corrected chi connectivity index (χ0v) is 15.3. The van der Waals surface area contributed by atoms with E-state index in [0.717, 1.165) is 0 Å². The summed E-state index contributed by atoms with van der Waals surface area (Å²) in [6.45, 7) is 9.88. The van der Waals surface area contributed by atoms with Gasteiger partial charge in [-0.3, -0.25) is 9.59 Å². The van der Waals surface area contributed by atoms with Gasteiger partial charge in [0, 0.05) is 18.1 Å². The molecule has 0 spiro atoms. The van der Waals surface area contributed by atoms with Crippen molar-refractivity contribution in [3.63, 3.8) is 0 Å². The summed E-state index contributed by atoms with van der Waals surface area (Å²) in [5, 5.41) is 0. The Morgan fingerprint density at radius 2 is 1.92 bits per heavy atom. The zero-order valence-electron chi connectivity index (χ0n) is 15.3. The summed E-state index contributed by atoms with van der Waals surface area (Å²) in [6, 6.07) is 5.02. The molecule has 0 saturated heterocycles. The summed E-state index contributed by atoms with van der Waals surface area (Å²) in [7, 11) is 0. The standard InChI is InChI=1S/C20H22O6/c1-6-14(10-24-13(5)22)20(23)26-19-16-9-15(12(4)21)7-8-17(16)25-18(19)11(2)3/h6-9,18-19H,2,10H2,1,3-5H3. The molecule has 0 bridgehead atoms. The van der Waals surface area contributed by atoms with Crippen LogP contribution < -0.4 is 4.74 Å². The minimum atomic E-state index is -0.735. The molecule has 0 saturated carbocycles. The van der Waals surface area contributed by atoms with Gasteiger partial charge in [-0.1, -0.05) is 12.7 Å². The number of Topliss-reactive ketones (excluding diaryl/α,β-unsaturated/α-hetero) is 1. The molecular formula is C20H22O6. The summed E-state index contributed by atoms with van der Waals surface area (Å²) >= 11 is 0. The van der Waals surface area contributed by atoms with E-state index >= 15 is 0 Å². The second-order valence-corrected chi connectivity index (χ2v) is 6.11. The molecular weight excluding hydrogens is 336 g/mol. The van der Waals surface area contributed by atoms with Crippen LogP contribution in [0.25, 0.3) is 0 Å². The van der Waals surface area contributed by atoms with Crippen LogP contribution in [0.4, 0.5) is 0 Å². The topological polar surface area (TPSA) is 78.9 Å². The van der Waals surface area contributed by atoms with Crippen molar-refractivity contribution in [3.05, 3.63) is 53.1 Å². The Kier molecular flexibility index (Phi) is 5.97. The summed E-state index contributed by atoms with van der Waals surface area (Å²) in [4.78, 5) is 35.1. The molecule has 0 amide bonds. The number of hydrogen-bond donors (Lipinski definition) is 0. The number of rotatable bonds is 6. The van der Waals surface area contributed by atoms with Gasteiger partial charge in [0.15, 0.2) is 18.0 Å². The second-order valence-electron chi connectivity index (χ2n) is 6.11. The number of ketones is 1. The van der Waals surface area contributed by atoms with Gasteiger partial charge in [0.2, 0.25) is 0 Å². The Morgan fingerprint density at radius 3 is 2.46 bits per heavy atom. The fourth-order valence-electron chi connectivity index (χ4n) is 2.57. The van der Waals surface area contributed by atoms with Crippen LogP contribution in [0.5, 0.6) is 5.75 Å². The molecule has 0 aliphatic carbocycles. The quantitative estimate of drug-likeness (QED) is 0.336. The maximum atomic E-state index is 12.5. The molecule has 0 N–H and O–H groups in total. The molecule has 1 heterocycles. The van der Waals surface area contributed by atoms with E-state index in [0.29, 0.717) is 22.4 Å². The highest BCUT2D eigenvalue weighted by molar-refractivity contribution is 5.94. The Morgan fingerprint density at radius 1 is 1.23 bits per heavy atom. The minimum absolute atomic E-state index is 0.0966. The van der Waals surface area contributed by atoms with Crippen LogP contribution in [0.2, 0.25) is 0 Å². The zero-order chi connectivity index (χ0) is 19.4. The normalized spacial score (nSPS) is 18.5. The number of benzene rings is 1. The van der Waals surface area contributed by atoms with Crippen molar-refractivity contribution in [2.24, 2.45) is 0 Å². The number of carbonyl (C=O) groups is 3. The molecule has 2 atom stereocenters. The van der Waals surface area contributed by atoms with Gasteiger partial charge in [-0.15, -0.1) is 0 Å². The lowest BCUT2D eigenvalue weighted by Gasteiger charge is -2.20. The molecule has 138 valence electrons. The number of esters is 2. The number of carbonyl (C=O) groups excluding carboxylic acids is 3. The van der Waals surface area contributed by atoms with E-state index in [9.17, 15) is 14.4 Å². The lowest BCUT2D eigenvalue weighted by atomic mass is 9.99. The smallest absolute Gasteiger partial charge is 0.337 e. The van der Waals surface area contributed by atoms with Crippen molar-refractivity contribution in [1.29, 1.82) is 0 Å². The Hall–Kier alpha value is -2.89. The SMILES string of the molecule is C=C(C)C1Oc2ccc(C(C)=O)cc2C1OC(=O)C(=CC)COC(C)=O. The van der Waals surface area contributed by atoms with Crippen molar-refractivity contribution in [2.75, 3.05) is 6.61 Å². The van der Waals surface area contributed by atoms with Crippen LogP contribution in [0.3, 0.4) is 0 Å². The van der Waals surface area contributed by atoms with Gasteiger partial charge in [0.05, 0.1) is 5.57 Å². The van der Waals surface area contributed by atoms with Crippen molar-refractivity contribution >= 4 is 17.7 Å². The van der Waals surface area contributed by atoms with Crippen molar-refractivity contribution < 1.29 is 28.6 Å². The third-order valence-corrected chi connectivity index (χ3v) is 4.01. The Bertz CT molecular complexity index is 789. The van der Waals surface area contributed by atoms with E-state index in [1.54, 1.807) is 32.0 Å². The fraction of sp³-hybridized carbons (Fsp3) is 0.350. The molecule has 1 aromatic rings. The number of hydrogen-bond acceptors (Lipinski definition) is 6. The van der Waals surface area contributed by atoms with Crippen LogP contribution >= 0.6 is 0 Å². The van der Waals surface area contributed by atoms with E-state index in [1.807, 2.05) is 0 Å². The average molecular weight is 358 g/mol. The molecule has 1 aliphatic rings. The maximum Gasteiger partial charge on any atom is 0.337 e. The first kappa shape index (κ1) is 19.4. The van der Waals surface area contributed by atoms with Gasteiger partial charge in [0.25, 0.3) is 0 Å². The molecule has 2 unspecified atom stereocenters. The average Bonchev–Trinajstić information content (AvgIpc) is 2.93. The first-order chi connectivity index (χ1) is 12.2. The first-order valence-electron chi connectivity index (χ1n) is 8.21. The predicted octanol–water partition coefficient (Wildman–Crippen LogP) is 3.32. The molecule has 0 fully saturated rings. The Balaban J connectivity index is 2.29. The van der Waals surface area contributed by atoms with E-state index in [-0.39, 0.29) is 18.0 Å². The van der Waals surface area contributed by atoms with E-state index in [2.05, 4.69) is 6.58 Å². The summed E-state index contributed by atoms with van der Waals surface area (Å²) in [5.41, 5.74) is 2.02. The number of ether oxygens (including phenoxy) is 3. The van der Waals surface area contributed by atoms with Gasteiger partial charge < -0.3 is 14.2 Å². The van der Waals surface area contributed by atoms with E-state index in [1.165, 1.54) is 19.9 Å². The number of allylic oxidation sites excluding steroid dienone is 1. The molecule has 0 radical (unpaired) electrons. The molecule has 1 aromatic carbocycles. The van der Waals surface area contributed by atoms with Gasteiger partial charge in [-0.05, 0) is 44.5 Å². The van der Waals surface area contributed by atoms with Crippen LogP contribution in [0, 0.1) is 0 Å². The molecule has 6 heteroatoms. The maximum absolute atomic E-state index is 12.5. The highest BCUT2D eigenvalue weighted by Gasteiger charge is 2.38. The van der Waals surface area contributed by atoms with Gasteiger partial charge in [-0.25, -0.2) is 4.79 Å². The van der Waals surface area contributed by atoms with Crippen molar-refractivity contribution in [2.45, 2.75) is 39.9 Å². The fourth-order valence-corrected chi connectivity index (χ4v) is 2.57. The summed E-state index contributed by atoms with van der Waals surface area (Å²) in [5.74, 6) is -0.657. The highest BCUT2D eigenvalue weighted by atomic mass is 16.6. The van der Waals surface area contributed by atoms with Crippen LogP contribution in [-0.2, 0) is 19.1 Å². The molecule has 26 heavy (non-hydrogen) atoms. The largest absolute Gasteiger partial charge is 0.481 e. The lowest BCUT2D eigenvalue weighted by molar-refractivity contribution is -0.148. The van der Waals surface area contributed by atoms with Crippen molar-refractivity contribution in [1.82, 2.24) is 0 Å². The van der Waals surface area contributed by atoms with Gasteiger partial charge in [-0.2, -0.15) is 0 Å².